The molecule has 3 unspecified atom stereocenters. The fraction of sp³-hybridized carbons (Fsp3) is 0.448. The van der Waals surface area contributed by atoms with Crippen molar-refractivity contribution in [3.05, 3.63) is 80.5 Å². The van der Waals surface area contributed by atoms with E-state index in [-0.39, 0.29) is 37.6 Å². The van der Waals surface area contributed by atoms with Gasteiger partial charge in [0.1, 0.15) is 17.9 Å². The smallest absolute Gasteiger partial charge is 0.423 e. The molecule has 4 heterocycles. The molecule has 45 heavy (non-hydrogen) atoms. The van der Waals surface area contributed by atoms with Crippen LogP contribution in [-0.4, -0.2) is 62.2 Å². The fourth-order valence-corrected chi connectivity index (χ4v) is 5.37. The summed E-state index contributed by atoms with van der Waals surface area (Å²) in [6, 6.07) is 6.18. The van der Waals surface area contributed by atoms with Crippen molar-refractivity contribution in [2.75, 3.05) is 30.5 Å². The van der Waals surface area contributed by atoms with E-state index in [4.69, 9.17) is 14.0 Å². The Labute approximate surface area is 265 Å². The van der Waals surface area contributed by atoms with Crippen LogP contribution >= 0.6 is 15.9 Å². The van der Waals surface area contributed by atoms with Crippen molar-refractivity contribution in [2.45, 2.75) is 64.0 Å². The highest BCUT2D eigenvalue weighted by Crippen LogP contribution is 2.33. The van der Waals surface area contributed by atoms with E-state index in [1.807, 2.05) is 0 Å². The van der Waals surface area contributed by atoms with Crippen LogP contribution in [0.3, 0.4) is 0 Å². The van der Waals surface area contributed by atoms with Crippen LogP contribution in [0.15, 0.2) is 56.6 Å². The Kier molecular flexibility index (Phi) is 10.0. The van der Waals surface area contributed by atoms with Gasteiger partial charge in [0, 0.05) is 36.9 Å². The van der Waals surface area contributed by atoms with Gasteiger partial charge >= 0.3 is 6.18 Å². The molecule has 0 aliphatic carbocycles. The lowest BCUT2D eigenvalue weighted by Crippen LogP contribution is -2.41. The molecule has 3 aromatic heterocycles. The van der Waals surface area contributed by atoms with Gasteiger partial charge in [0.25, 0.3) is 11.4 Å². The molecule has 1 saturated heterocycles. The first-order valence-electron chi connectivity index (χ1n) is 14.2. The van der Waals surface area contributed by atoms with Crippen LogP contribution in [0.25, 0.3) is 0 Å². The molecule has 16 heteroatoms. The predicted molar refractivity (Wildman–Crippen MR) is 161 cm³/mol. The van der Waals surface area contributed by atoms with Gasteiger partial charge in [0.05, 0.1) is 36.6 Å². The second kappa shape index (κ2) is 13.9. The molecule has 1 aliphatic rings. The zero-order chi connectivity index (χ0) is 32.1. The Morgan fingerprint density at radius 3 is 2.58 bits per heavy atom. The quantitative estimate of drug-likeness (QED) is 0.227. The number of alkyl halides is 3. The Hall–Kier alpha value is -4.05. The molecule has 4 aromatic rings. The van der Waals surface area contributed by atoms with Gasteiger partial charge in [0.15, 0.2) is 5.82 Å². The maximum Gasteiger partial charge on any atom is 0.423 e. The Morgan fingerprint density at radius 1 is 1.18 bits per heavy atom. The number of aromatic nitrogens is 6. The van der Waals surface area contributed by atoms with Crippen LogP contribution in [-0.2, 0) is 24.1 Å². The lowest BCUT2D eigenvalue weighted by molar-refractivity contribution is -0.138. The predicted octanol–water partition coefficient (Wildman–Crippen LogP) is 5.04. The number of ether oxygens (including phenoxy) is 2. The van der Waals surface area contributed by atoms with Crippen molar-refractivity contribution in [3.63, 3.8) is 0 Å². The minimum atomic E-state index is -4.90. The van der Waals surface area contributed by atoms with Crippen molar-refractivity contribution in [3.8, 4) is 5.75 Å². The Bertz CT molecular complexity index is 1630. The van der Waals surface area contributed by atoms with Gasteiger partial charge in [-0.15, -0.1) is 0 Å². The minimum Gasteiger partial charge on any atom is -0.497 e. The number of rotatable bonds is 11. The number of piperidine rings is 1. The van der Waals surface area contributed by atoms with Crippen LogP contribution in [0.4, 0.5) is 24.8 Å². The zero-order valence-corrected chi connectivity index (χ0v) is 26.4. The summed E-state index contributed by atoms with van der Waals surface area (Å²) in [7, 11) is 1.50. The van der Waals surface area contributed by atoms with E-state index < -0.39 is 29.0 Å². The van der Waals surface area contributed by atoms with Gasteiger partial charge in [-0.2, -0.15) is 23.3 Å². The van der Waals surface area contributed by atoms with Crippen molar-refractivity contribution in [1.29, 1.82) is 0 Å². The van der Waals surface area contributed by atoms with E-state index in [9.17, 15) is 18.0 Å². The average molecular weight is 694 g/mol. The van der Waals surface area contributed by atoms with Crippen LogP contribution in [0, 0.1) is 0 Å². The summed E-state index contributed by atoms with van der Waals surface area (Å²) in [4.78, 5) is 28.3. The van der Waals surface area contributed by atoms with Gasteiger partial charge in [0.2, 0.25) is 5.95 Å². The van der Waals surface area contributed by atoms with Crippen molar-refractivity contribution in [1.82, 2.24) is 29.9 Å². The number of anilines is 2. The van der Waals surface area contributed by atoms with E-state index in [2.05, 4.69) is 58.3 Å². The summed E-state index contributed by atoms with van der Waals surface area (Å²) in [6.07, 6.45) is 1.12. The average Bonchev–Trinajstić information content (AvgIpc) is 3.48. The molecule has 3 atom stereocenters. The number of nitrogens with one attached hydrogen (secondary N) is 1. The summed E-state index contributed by atoms with van der Waals surface area (Å²) >= 11 is 3.35. The molecule has 12 nitrogen and oxygen atoms in total. The maximum absolute atomic E-state index is 14.0. The highest BCUT2D eigenvalue weighted by molar-refractivity contribution is 9.10. The van der Waals surface area contributed by atoms with Crippen LogP contribution in [0.1, 0.15) is 55.4 Å². The second-order valence-electron chi connectivity index (χ2n) is 10.8. The number of halogens is 4. The van der Waals surface area contributed by atoms with Gasteiger partial charge in [-0.1, -0.05) is 17.3 Å². The molecule has 0 bridgehead atoms. The topological polar surface area (TPSA) is 133 Å². The van der Waals surface area contributed by atoms with Crippen molar-refractivity contribution >= 4 is 27.6 Å². The first kappa shape index (κ1) is 32.3. The SMILES string of the molecule is COc1ccc(Cn2ncc(NC(C)COCc3nc(C4CCN(c5ncc(Br)cn5)C(C)C4)no3)c(C(F)(F)F)c2=O)cc1. The van der Waals surface area contributed by atoms with Gasteiger partial charge in [-0.25, -0.2) is 14.6 Å². The molecule has 240 valence electrons. The molecule has 1 fully saturated rings. The maximum atomic E-state index is 14.0. The van der Waals surface area contributed by atoms with Crippen molar-refractivity contribution in [2.24, 2.45) is 0 Å². The Balaban J connectivity index is 1.15. The van der Waals surface area contributed by atoms with E-state index in [1.54, 1.807) is 43.6 Å². The number of methoxy groups -OCH3 is 1. The van der Waals surface area contributed by atoms with Crippen LogP contribution in [0.5, 0.6) is 5.75 Å². The normalized spacial score (nSPS) is 17.7. The molecule has 0 saturated carbocycles. The van der Waals surface area contributed by atoms with Gasteiger partial charge in [-0.3, -0.25) is 4.79 Å². The van der Waals surface area contributed by atoms with Gasteiger partial charge < -0.3 is 24.2 Å². The highest BCUT2D eigenvalue weighted by Gasteiger charge is 2.38. The first-order chi connectivity index (χ1) is 21.5. The number of benzene rings is 1. The summed E-state index contributed by atoms with van der Waals surface area (Å²) < 4.78 is 59.7. The number of hydrogen-bond donors (Lipinski definition) is 1. The van der Waals surface area contributed by atoms with E-state index in [1.165, 1.54) is 7.11 Å². The largest absolute Gasteiger partial charge is 0.497 e. The summed E-state index contributed by atoms with van der Waals surface area (Å²) in [6.45, 7) is 4.32. The standard InChI is InChI=1S/C29H32BrF3N8O4/c1-17(37-23-13-36-41(27(42)25(23)29(31,32)33)14-19-4-6-22(43-3)7-5-19)15-44-16-24-38-26(39-45-24)20-8-9-40(18(2)10-20)28-34-11-21(30)12-35-28/h4-7,11-13,17-18,20,37H,8-10,14-16H2,1-3H3. The molecular formula is C29H32BrF3N8O4. The first-order valence-corrected chi connectivity index (χ1v) is 15.0. The fourth-order valence-electron chi connectivity index (χ4n) is 5.17. The van der Waals surface area contributed by atoms with E-state index in [0.717, 1.165) is 34.7 Å². The molecule has 1 N–H and O–H groups in total. The zero-order valence-electron chi connectivity index (χ0n) is 24.8. The molecule has 0 spiro atoms. The Morgan fingerprint density at radius 2 is 1.91 bits per heavy atom. The molecule has 0 radical (unpaired) electrons. The summed E-state index contributed by atoms with van der Waals surface area (Å²) in [5.74, 6) is 2.19. The molecular weight excluding hydrogens is 661 g/mol. The molecule has 0 amide bonds. The van der Waals surface area contributed by atoms with E-state index >= 15 is 0 Å². The lowest BCUT2D eigenvalue weighted by atomic mass is 9.91. The third-order valence-electron chi connectivity index (χ3n) is 7.40. The monoisotopic (exact) mass is 692 g/mol. The van der Waals surface area contributed by atoms with Crippen molar-refractivity contribution < 1.29 is 27.2 Å². The highest BCUT2D eigenvalue weighted by atomic mass is 79.9. The lowest BCUT2D eigenvalue weighted by Gasteiger charge is -2.36. The second-order valence-corrected chi connectivity index (χ2v) is 11.7. The number of nitrogens with zero attached hydrogens (tertiary/aromatic N) is 7. The third-order valence-corrected chi connectivity index (χ3v) is 7.81. The van der Waals surface area contributed by atoms with Crippen LogP contribution in [0.2, 0.25) is 0 Å². The summed E-state index contributed by atoms with van der Waals surface area (Å²) in [5.41, 5.74) is -2.41. The van der Waals surface area contributed by atoms with Crippen LogP contribution < -0.4 is 20.5 Å². The third kappa shape index (κ3) is 7.97. The molecule has 1 aliphatic heterocycles. The molecule has 5 rings (SSSR count). The number of hydrogen-bond acceptors (Lipinski definition) is 11. The van der Waals surface area contributed by atoms with Gasteiger partial charge in [-0.05, 0) is 60.3 Å². The van der Waals surface area contributed by atoms with E-state index in [0.29, 0.717) is 23.1 Å². The minimum absolute atomic E-state index is 0.00650. The summed E-state index contributed by atoms with van der Waals surface area (Å²) in [5, 5.41) is 10.8. The molecule has 1 aromatic carbocycles.